The molecule has 0 spiro atoms. The molecule has 0 bridgehead atoms. The van der Waals surface area contributed by atoms with E-state index in [1.807, 2.05) is 18.8 Å². The van der Waals surface area contributed by atoms with Crippen molar-refractivity contribution in [2.24, 2.45) is 7.05 Å². The minimum absolute atomic E-state index is 0.578. The van der Waals surface area contributed by atoms with Crippen molar-refractivity contribution in [3.63, 3.8) is 0 Å². The lowest BCUT2D eigenvalue weighted by molar-refractivity contribution is 0.325. The van der Waals surface area contributed by atoms with Crippen molar-refractivity contribution in [2.75, 3.05) is 13.6 Å². The molecule has 1 rings (SSSR count). The highest BCUT2D eigenvalue weighted by Gasteiger charge is 2.06. The average Bonchev–Trinajstić information content (AvgIpc) is 2.57. The van der Waals surface area contributed by atoms with Gasteiger partial charge in [0.1, 0.15) is 0 Å². The first-order chi connectivity index (χ1) is 7.17. The Bertz CT molecular complexity index is 348. The molecule has 0 aromatic carbocycles. The zero-order chi connectivity index (χ0) is 11.3. The Balaban J connectivity index is 2.56. The number of hydrogen-bond acceptors (Lipinski definition) is 3. The maximum Gasteiger partial charge on any atom is 0.0635 e. The maximum absolute atomic E-state index is 8.48. The smallest absolute Gasteiger partial charge is 0.0635 e. The van der Waals surface area contributed by atoms with Gasteiger partial charge in [0.15, 0.2) is 0 Å². The molecule has 0 fully saturated rings. The van der Waals surface area contributed by atoms with Gasteiger partial charge in [-0.3, -0.25) is 9.58 Å². The summed E-state index contributed by atoms with van der Waals surface area (Å²) >= 11 is 0. The molecular formula is C11H18N4. The molecule has 0 saturated carbocycles. The van der Waals surface area contributed by atoms with Gasteiger partial charge in [-0.1, -0.05) is 6.92 Å². The van der Waals surface area contributed by atoms with Crippen molar-refractivity contribution in [1.29, 1.82) is 5.26 Å². The molecule has 0 radical (unpaired) electrons. The van der Waals surface area contributed by atoms with E-state index in [1.54, 1.807) is 0 Å². The second-order valence-electron chi connectivity index (χ2n) is 3.75. The predicted molar refractivity (Wildman–Crippen MR) is 59.2 cm³/mol. The largest absolute Gasteiger partial charge is 0.300 e. The van der Waals surface area contributed by atoms with E-state index in [9.17, 15) is 0 Å². The molecule has 4 heteroatoms. The molecule has 1 heterocycles. The fraction of sp³-hybridized carbons (Fsp3) is 0.636. The Morgan fingerprint density at radius 2 is 2.33 bits per heavy atom. The van der Waals surface area contributed by atoms with Gasteiger partial charge in [-0.15, -0.1) is 0 Å². The van der Waals surface area contributed by atoms with Crippen molar-refractivity contribution in [3.8, 4) is 6.07 Å². The minimum Gasteiger partial charge on any atom is -0.300 e. The summed E-state index contributed by atoms with van der Waals surface area (Å²) in [5.41, 5.74) is 2.33. The molecule has 0 unspecified atom stereocenters. The zero-order valence-corrected chi connectivity index (χ0v) is 9.69. The summed E-state index contributed by atoms with van der Waals surface area (Å²) < 4.78 is 1.92. The topological polar surface area (TPSA) is 44.9 Å². The summed E-state index contributed by atoms with van der Waals surface area (Å²) in [5.74, 6) is 0. The quantitative estimate of drug-likeness (QED) is 0.730. The van der Waals surface area contributed by atoms with Crippen LogP contribution in [0.15, 0.2) is 6.07 Å². The Morgan fingerprint density at radius 1 is 1.60 bits per heavy atom. The van der Waals surface area contributed by atoms with Crippen LogP contribution in [0.2, 0.25) is 0 Å². The van der Waals surface area contributed by atoms with Crippen LogP contribution in [0.3, 0.4) is 0 Å². The normalized spacial score (nSPS) is 10.6. The van der Waals surface area contributed by atoms with Crippen LogP contribution in [0.4, 0.5) is 0 Å². The van der Waals surface area contributed by atoms with Gasteiger partial charge in [0.05, 0.1) is 17.5 Å². The molecule has 0 amide bonds. The second kappa shape index (κ2) is 5.52. The first-order valence-corrected chi connectivity index (χ1v) is 5.24. The van der Waals surface area contributed by atoms with Crippen LogP contribution in [0, 0.1) is 11.3 Å². The van der Waals surface area contributed by atoms with Crippen molar-refractivity contribution in [3.05, 3.63) is 17.5 Å². The van der Waals surface area contributed by atoms with Crippen molar-refractivity contribution in [1.82, 2.24) is 14.7 Å². The number of nitriles is 1. The number of nitrogens with zero attached hydrogens (tertiary/aromatic N) is 4. The van der Waals surface area contributed by atoms with Crippen LogP contribution in [0.5, 0.6) is 0 Å². The van der Waals surface area contributed by atoms with Crippen LogP contribution < -0.4 is 0 Å². The average molecular weight is 206 g/mol. The predicted octanol–water partition coefficient (Wildman–Crippen LogP) is 1.33. The summed E-state index contributed by atoms with van der Waals surface area (Å²) in [6.07, 6.45) is 1.55. The molecule has 0 aliphatic heterocycles. The van der Waals surface area contributed by atoms with Crippen LogP contribution in [0.25, 0.3) is 0 Å². The first-order valence-electron chi connectivity index (χ1n) is 5.24. The van der Waals surface area contributed by atoms with E-state index in [4.69, 9.17) is 5.26 Å². The molecular weight excluding hydrogens is 188 g/mol. The van der Waals surface area contributed by atoms with Gasteiger partial charge < -0.3 is 0 Å². The van der Waals surface area contributed by atoms with E-state index in [0.717, 1.165) is 25.2 Å². The SMILES string of the molecule is CCc1cc(CN(C)CCC#N)n(C)n1. The lowest BCUT2D eigenvalue weighted by Gasteiger charge is -2.14. The lowest BCUT2D eigenvalue weighted by atomic mass is 10.3. The van der Waals surface area contributed by atoms with Crippen LogP contribution in [-0.2, 0) is 20.0 Å². The number of rotatable bonds is 5. The molecule has 0 aliphatic rings. The summed E-state index contributed by atoms with van der Waals surface area (Å²) in [4.78, 5) is 2.14. The first kappa shape index (κ1) is 11.7. The number of hydrogen-bond donors (Lipinski definition) is 0. The van der Waals surface area contributed by atoms with Gasteiger partial charge in [-0.05, 0) is 19.5 Å². The Hall–Kier alpha value is -1.34. The van der Waals surface area contributed by atoms with E-state index in [-0.39, 0.29) is 0 Å². The molecule has 1 aromatic heterocycles. The molecule has 0 N–H and O–H groups in total. The molecule has 1 aromatic rings. The lowest BCUT2D eigenvalue weighted by Crippen LogP contribution is -2.20. The van der Waals surface area contributed by atoms with E-state index in [2.05, 4.69) is 29.1 Å². The van der Waals surface area contributed by atoms with Gasteiger partial charge in [0, 0.05) is 26.6 Å². The molecule has 4 nitrogen and oxygen atoms in total. The fourth-order valence-electron chi connectivity index (χ4n) is 1.49. The Labute approximate surface area is 91.1 Å². The van der Waals surface area contributed by atoms with Crippen LogP contribution >= 0.6 is 0 Å². The third-order valence-electron chi connectivity index (χ3n) is 2.43. The summed E-state index contributed by atoms with van der Waals surface area (Å²) in [5, 5.41) is 12.9. The van der Waals surface area contributed by atoms with Gasteiger partial charge in [0.25, 0.3) is 0 Å². The van der Waals surface area contributed by atoms with E-state index in [1.165, 1.54) is 5.69 Å². The minimum atomic E-state index is 0.578. The Morgan fingerprint density at radius 3 is 2.87 bits per heavy atom. The van der Waals surface area contributed by atoms with Crippen LogP contribution in [0.1, 0.15) is 24.7 Å². The highest BCUT2D eigenvalue weighted by molar-refractivity contribution is 5.09. The zero-order valence-electron chi connectivity index (χ0n) is 9.69. The van der Waals surface area contributed by atoms with Crippen molar-refractivity contribution in [2.45, 2.75) is 26.3 Å². The maximum atomic E-state index is 8.48. The molecule has 0 aliphatic carbocycles. The highest BCUT2D eigenvalue weighted by atomic mass is 15.3. The summed E-state index contributed by atoms with van der Waals surface area (Å²) in [6.45, 7) is 3.76. The molecule has 82 valence electrons. The Kier molecular flexibility index (Phi) is 4.32. The highest BCUT2D eigenvalue weighted by Crippen LogP contribution is 2.06. The molecule has 0 atom stereocenters. The number of aryl methyl sites for hydroxylation is 2. The van der Waals surface area contributed by atoms with Crippen molar-refractivity contribution >= 4 is 0 Å². The standard InChI is InChI=1S/C11H18N4/c1-4-10-8-11(15(3)13-10)9-14(2)7-5-6-12/h8H,4-5,7,9H2,1-3H3. The van der Waals surface area contributed by atoms with Crippen LogP contribution in [-0.4, -0.2) is 28.3 Å². The second-order valence-corrected chi connectivity index (χ2v) is 3.75. The van der Waals surface area contributed by atoms with Gasteiger partial charge in [-0.2, -0.15) is 10.4 Å². The van der Waals surface area contributed by atoms with Gasteiger partial charge in [0.2, 0.25) is 0 Å². The van der Waals surface area contributed by atoms with E-state index >= 15 is 0 Å². The van der Waals surface area contributed by atoms with E-state index in [0.29, 0.717) is 6.42 Å². The van der Waals surface area contributed by atoms with Gasteiger partial charge >= 0.3 is 0 Å². The van der Waals surface area contributed by atoms with Crippen molar-refractivity contribution < 1.29 is 0 Å². The monoisotopic (exact) mass is 206 g/mol. The fourth-order valence-corrected chi connectivity index (χ4v) is 1.49. The molecule has 0 saturated heterocycles. The number of aromatic nitrogens is 2. The summed E-state index contributed by atoms with van der Waals surface area (Å²) in [6, 6.07) is 4.28. The summed E-state index contributed by atoms with van der Waals surface area (Å²) in [7, 11) is 3.99. The van der Waals surface area contributed by atoms with Gasteiger partial charge in [-0.25, -0.2) is 0 Å². The van der Waals surface area contributed by atoms with E-state index < -0.39 is 0 Å². The third kappa shape index (κ3) is 3.37. The molecule has 15 heavy (non-hydrogen) atoms. The third-order valence-corrected chi connectivity index (χ3v) is 2.43.